The summed E-state index contributed by atoms with van der Waals surface area (Å²) >= 11 is 0. The minimum Gasteiger partial charge on any atom is -0.493 e. The van der Waals surface area contributed by atoms with Crippen LogP contribution in [-0.4, -0.2) is 30.0 Å². The number of hydrogen-bond donors (Lipinski definition) is 1. The predicted octanol–water partition coefficient (Wildman–Crippen LogP) is 1.45. The minimum absolute atomic E-state index is 0.903. The summed E-state index contributed by atoms with van der Waals surface area (Å²) in [4.78, 5) is 0. The van der Waals surface area contributed by atoms with E-state index in [4.69, 9.17) is 4.74 Å². The van der Waals surface area contributed by atoms with Gasteiger partial charge in [0.25, 0.3) is 0 Å². The van der Waals surface area contributed by atoms with Crippen molar-refractivity contribution < 1.29 is 4.74 Å². The van der Waals surface area contributed by atoms with Gasteiger partial charge in [-0.25, -0.2) is 0 Å². The number of hydrogen-bond acceptors (Lipinski definition) is 3. The fourth-order valence-electron chi connectivity index (χ4n) is 1.65. The van der Waals surface area contributed by atoms with Crippen LogP contribution in [0.4, 0.5) is 0 Å². The topological polar surface area (TPSA) is 39.1 Å². The zero-order valence-corrected chi connectivity index (χ0v) is 9.92. The van der Waals surface area contributed by atoms with Crippen LogP contribution in [0.25, 0.3) is 0 Å². The molecule has 0 aliphatic carbocycles. The first-order chi connectivity index (χ1) is 7.33. The third kappa shape index (κ3) is 3.23. The van der Waals surface area contributed by atoms with Gasteiger partial charge < -0.3 is 10.1 Å². The highest BCUT2D eigenvalue weighted by Gasteiger charge is 2.09. The molecule has 0 saturated carbocycles. The first-order valence-electron chi connectivity index (χ1n) is 5.62. The fourth-order valence-corrected chi connectivity index (χ4v) is 1.65. The van der Waals surface area contributed by atoms with E-state index >= 15 is 0 Å². The summed E-state index contributed by atoms with van der Waals surface area (Å²) in [7, 11) is 1.70. The molecule has 4 heteroatoms. The van der Waals surface area contributed by atoms with Gasteiger partial charge in [0.15, 0.2) is 5.75 Å². The predicted molar refractivity (Wildman–Crippen MR) is 61.3 cm³/mol. The molecule has 1 N–H and O–H groups in total. The normalized spacial score (nSPS) is 10.6. The van der Waals surface area contributed by atoms with Gasteiger partial charge in [0.05, 0.1) is 19.0 Å². The number of nitrogens with one attached hydrogen (secondary N) is 1. The number of ether oxygens (including phenoxy) is 1. The lowest BCUT2D eigenvalue weighted by molar-refractivity contribution is 0.406. The highest BCUT2D eigenvalue weighted by atomic mass is 16.5. The number of methoxy groups -OCH3 is 1. The van der Waals surface area contributed by atoms with Crippen molar-refractivity contribution in [3.05, 3.63) is 11.9 Å². The molecule has 0 spiro atoms. The molecule has 0 radical (unpaired) electrons. The maximum absolute atomic E-state index is 5.28. The second-order valence-electron chi connectivity index (χ2n) is 3.43. The largest absolute Gasteiger partial charge is 0.493 e. The first-order valence-corrected chi connectivity index (χ1v) is 5.62. The molecule has 0 atom stereocenters. The van der Waals surface area contributed by atoms with Crippen LogP contribution < -0.4 is 10.1 Å². The Kier molecular flexibility index (Phi) is 5.18. The number of nitrogens with zero attached hydrogens (tertiary/aromatic N) is 2. The third-order valence-electron chi connectivity index (χ3n) is 2.45. The fraction of sp³-hybridized carbons (Fsp3) is 0.727. The molecule has 86 valence electrons. The van der Waals surface area contributed by atoms with E-state index in [2.05, 4.69) is 24.3 Å². The minimum atomic E-state index is 0.903. The van der Waals surface area contributed by atoms with Crippen molar-refractivity contribution >= 4 is 0 Å². The second-order valence-corrected chi connectivity index (χ2v) is 3.43. The molecular weight excluding hydrogens is 190 g/mol. The number of aromatic nitrogens is 2. The lowest BCUT2D eigenvalue weighted by atomic mass is 10.2. The van der Waals surface area contributed by atoms with E-state index in [1.54, 1.807) is 13.3 Å². The summed E-state index contributed by atoms with van der Waals surface area (Å²) < 4.78 is 7.29. The van der Waals surface area contributed by atoms with Gasteiger partial charge in [-0.1, -0.05) is 6.92 Å². The Hall–Kier alpha value is -1.03. The zero-order chi connectivity index (χ0) is 11.1. The molecule has 0 unspecified atom stereocenters. The van der Waals surface area contributed by atoms with Crippen molar-refractivity contribution in [2.45, 2.75) is 33.2 Å². The van der Waals surface area contributed by atoms with Gasteiger partial charge in [-0.3, -0.25) is 4.68 Å². The van der Waals surface area contributed by atoms with Gasteiger partial charge in [0, 0.05) is 6.54 Å². The van der Waals surface area contributed by atoms with Crippen molar-refractivity contribution in [2.75, 3.05) is 20.2 Å². The standard InChI is InChI=1S/C11H21N3O/c1-4-12-8-6-7-10-11(15-3)9-13-14(10)5-2/h9,12H,4-8H2,1-3H3. The summed E-state index contributed by atoms with van der Waals surface area (Å²) in [6, 6.07) is 0. The average Bonchev–Trinajstić information content (AvgIpc) is 2.66. The molecule has 0 aromatic carbocycles. The summed E-state index contributed by atoms with van der Waals surface area (Å²) in [6.45, 7) is 7.20. The molecule has 15 heavy (non-hydrogen) atoms. The van der Waals surface area contributed by atoms with Crippen LogP contribution in [0, 0.1) is 0 Å². The molecular formula is C11H21N3O. The van der Waals surface area contributed by atoms with Gasteiger partial charge in [0.1, 0.15) is 0 Å². The smallest absolute Gasteiger partial charge is 0.159 e. The maximum Gasteiger partial charge on any atom is 0.159 e. The summed E-state index contributed by atoms with van der Waals surface area (Å²) in [5.41, 5.74) is 1.21. The Morgan fingerprint density at radius 2 is 2.27 bits per heavy atom. The Bertz CT molecular complexity index is 262. The van der Waals surface area contributed by atoms with Crippen LogP contribution >= 0.6 is 0 Å². The maximum atomic E-state index is 5.28. The van der Waals surface area contributed by atoms with Crippen molar-refractivity contribution in [1.29, 1.82) is 0 Å². The highest BCUT2D eigenvalue weighted by Crippen LogP contribution is 2.18. The molecule has 1 heterocycles. The van der Waals surface area contributed by atoms with E-state index in [0.717, 1.165) is 38.2 Å². The molecule has 1 aromatic rings. The summed E-state index contributed by atoms with van der Waals surface area (Å²) in [6.07, 6.45) is 3.94. The number of rotatable bonds is 7. The van der Waals surface area contributed by atoms with Crippen LogP contribution in [0.2, 0.25) is 0 Å². The molecule has 1 rings (SSSR count). The Labute approximate surface area is 91.6 Å². The van der Waals surface area contributed by atoms with E-state index in [-0.39, 0.29) is 0 Å². The lowest BCUT2D eigenvalue weighted by Crippen LogP contribution is -2.15. The monoisotopic (exact) mass is 211 g/mol. The van der Waals surface area contributed by atoms with E-state index in [1.165, 1.54) is 5.69 Å². The molecule has 0 aliphatic heterocycles. The molecule has 0 bridgehead atoms. The average molecular weight is 211 g/mol. The lowest BCUT2D eigenvalue weighted by Gasteiger charge is -2.07. The molecule has 0 saturated heterocycles. The number of aryl methyl sites for hydroxylation is 1. The third-order valence-corrected chi connectivity index (χ3v) is 2.45. The van der Waals surface area contributed by atoms with E-state index in [0.29, 0.717) is 0 Å². The van der Waals surface area contributed by atoms with Crippen molar-refractivity contribution in [3.63, 3.8) is 0 Å². The Balaban J connectivity index is 2.53. The molecule has 1 aromatic heterocycles. The van der Waals surface area contributed by atoms with Gasteiger partial charge in [-0.2, -0.15) is 5.10 Å². The molecule has 0 amide bonds. The second kappa shape index (κ2) is 6.45. The Morgan fingerprint density at radius 1 is 1.47 bits per heavy atom. The molecule has 4 nitrogen and oxygen atoms in total. The van der Waals surface area contributed by atoms with Crippen LogP contribution in [0.15, 0.2) is 6.20 Å². The van der Waals surface area contributed by atoms with Crippen molar-refractivity contribution in [3.8, 4) is 5.75 Å². The van der Waals surface area contributed by atoms with Crippen LogP contribution in [-0.2, 0) is 13.0 Å². The van der Waals surface area contributed by atoms with Gasteiger partial charge >= 0.3 is 0 Å². The first kappa shape index (κ1) is 12.0. The molecule has 0 fully saturated rings. The van der Waals surface area contributed by atoms with Gasteiger partial charge in [0.2, 0.25) is 0 Å². The van der Waals surface area contributed by atoms with Crippen molar-refractivity contribution in [2.24, 2.45) is 0 Å². The van der Waals surface area contributed by atoms with E-state index < -0.39 is 0 Å². The Morgan fingerprint density at radius 3 is 2.87 bits per heavy atom. The van der Waals surface area contributed by atoms with Gasteiger partial charge in [-0.15, -0.1) is 0 Å². The van der Waals surface area contributed by atoms with Crippen LogP contribution in [0.3, 0.4) is 0 Å². The van der Waals surface area contributed by atoms with Crippen LogP contribution in [0.1, 0.15) is 26.0 Å². The van der Waals surface area contributed by atoms with E-state index in [9.17, 15) is 0 Å². The van der Waals surface area contributed by atoms with E-state index in [1.807, 2.05) is 4.68 Å². The SMILES string of the molecule is CCNCCCc1c(OC)cnn1CC. The summed E-state index contributed by atoms with van der Waals surface area (Å²) in [5.74, 6) is 0.911. The quantitative estimate of drug-likeness (QED) is 0.694. The van der Waals surface area contributed by atoms with Crippen molar-refractivity contribution in [1.82, 2.24) is 15.1 Å². The van der Waals surface area contributed by atoms with Crippen LogP contribution in [0.5, 0.6) is 5.75 Å². The molecule has 0 aliphatic rings. The highest BCUT2D eigenvalue weighted by molar-refractivity contribution is 5.25. The van der Waals surface area contributed by atoms with Gasteiger partial charge in [-0.05, 0) is 32.9 Å². The zero-order valence-electron chi connectivity index (χ0n) is 9.92. The summed E-state index contributed by atoms with van der Waals surface area (Å²) in [5, 5.41) is 7.59.